The van der Waals surface area contributed by atoms with Crippen molar-refractivity contribution in [2.45, 2.75) is 38.1 Å². The predicted molar refractivity (Wildman–Crippen MR) is 89.1 cm³/mol. The van der Waals surface area contributed by atoms with Gasteiger partial charge in [-0.1, -0.05) is 12.1 Å². The van der Waals surface area contributed by atoms with Crippen molar-refractivity contribution in [3.05, 3.63) is 29.8 Å². The Labute approximate surface area is 142 Å². The summed E-state index contributed by atoms with van der Waals surface area (Å²) in [6.45, 7) is 1.67. The fourth-order valence-corrected chi connectivity index (χ4v) is 2.85. The lowest BCUT2D eigenvalue weighted by Crippen LogP contribution is -2.40. The number of carboxylic acid groups (broad SMARTS) is 1. The molecular formula is C18H25NO5. The van der Waals surface area contributed by atoms with Crippen molar-refractivity contribution in [2.24, 2.45) is 0 Å². The minimum Gasteiger partial charge on any atom is -0.494 e. The maximum atomic E-state index is 12.1. The highest BCUT2D eigenvalue weighted by molar-refractivity contribution is 5.84. The second-order valence-electron chi connectivity index (χ2n) is 5.92. The second-order valence-corrected chi connectivity index (χ2v) is 5.92. The zero-order valence-electron chi connectivity index (χ0n) is 14.1. The summed E-state index contributed by atoms with van der Waals surface area (Å²) >= 11 is 0. The molecule has 1 N–H and O–H groups in total. The lowest BCUT2D eigenvalue weighted by molar-refractivity contribution is -0.148. The number of likely N-dealkylation sites (tertiary alicyclic amines) is 1. The second kappa shape index (κ2) is 9.27. The molecule has 1 aliphatic heterocycles. The van der Waals surface area contributed by atoms with E-state index in [0.29, 0.717) is 39.0 Å². The molecule has 1 aromatic rings. The summed E-state index contributed by atoms with van der Waals surface area (Å²) in [6, 6.07) is 7.17. The highest BCUT2D eigenvalue weighted by Crippen LogP contribution is 2.19. The maximum Gasteiger partial charge on any atom is 0.326 e. The van der Waals surface area contributed by atoms with E-state index < -0.39 is 12.0 Å². The van der Waals surface area contributed by atoms with Gasteiger partial charge in [-0.05, 0) is 43.4 Å². The van der Waals surface area contributed by atoms with Crippen LogP contribution in [0.3, 0.4) is 0 Å². The third-order valence-electron chi connectivity index (χ3n) is 4.18. The predicted octanol–water partition coefficient (Wildman–Crippen LogP) is 2.11. The Morgan fingerprint density at radius 2 is 2.00 bits per heavy atom. The molecule has 0 unspecified atom stereocenters. The largest absolute Gasteiger partial charge is 0.494 e. The molecular weight excluding hydrogens is 310 g/mol. The number of benzene rings is 1. The Balaban J connectivity index is 1.69. The Morgan fingerprint density at radius 3 is 2.67 bits per heavy atom. The molecule has 132 valence electrons. The maximum absolute atomic E-state index is 12.1. The number of hydrogen-bond acceptors (Lipinski definition) is 4. The van der Waals surface area contributed by atoms with Crippen molar-refractivity contribution in [1.82, 2.24) is 4.90 Å². The Morgan fingerprint density at radius 1 is 1.25 bits per heavy atom. The van der Waals surface area contributed by atoms with Crippen molar-refractivity contribution < 1.29 is 24.2 Å². The number of ether oxygens (including phenoxy) is 2. The lowest BCUT2D eigenvalue weighted by Gasteiger charge is -2.21. The third-order valence-corrected chi connectivity index (χ3v) is 4.18. The molecule has 1 heterocycles. The topological polar surface area (TPSA) is 76.1 Å². The van der Waals surface area contributed by atoms with Gasteiger partial charge in [-0.2, -0.15) is 0 Å². The van der Waals surface area contributed by atoms with Crippen molar-refractivity contribution in [3.8, 4) is 5.75 Å². The molecule has 6 heteroatoms. The molecule has 0 aromatic heterocycles. The van der Waals surface area contributed by atoms with Crippen LogP contribution >= 0.6 is 0 Å². The number of carbonyl (C=O) groups is 2. The highest BCUT2D eigenvalue weighted by Gasteiger charge is 2.33. The fourth-order valence-electron chi connectivity index (χ4n) is 2.85. The fraction of sp³-hybridized carbons (Fsp3) is 0.556. The Bertz CT molecular complexity index is 543. The Kier molecular flexibility index (Phi) is 7.06. The van der Waals surface area contributed by atoms with Crippen LogP contribution in [0.4, 0.5) is 0 Å². The first-order chi connectivity index (χ1) is 11.6. The number of nitrogens with zero attached hydrogens (tertiary/aromatic N) is 1. The number of aliphatic carboxylic acids is 1. The molecule has 6 nitrogen and oxygen atoms in total. The molecule has 0 saturated carbocycles. The van der Waals surface area contributed by atoms with Gasteiger partial charge < -0.3 is 19.5 Å². The zero-order valence-corrected chi connectivity index (χ0v) is 14.1. The number of rotatable bonds is 9. The van der Waals surface area contributed by atoms with E-state index in [1.165, 1.54) is 10.5 Å². The number of carboxylic acids is 1. The molecule has 1 saturated heterocycles. The third kappa shape index (κ3) is 5.23. The number of hydrogen-bond donors (Lipinski definition) is 1. The molecule has 2 rings (SSSR count). The van der Waals surface area contributed by atoms with Crippen LogP contribution in [-0.2, 0) is 20.7 Å². The van der Waals surface area contributed by atoms with Crippen LogP contribution in [0.15, 0.2) is 24.3 Å². The highest BCUT2D eigenvalue weighted by atomic mass is 16.5. The minimum absolute atomic E-state index is 0.0987. The minimum atomic E-state index is -0.911. The monoisotopic (exact) mass is 335 g/mol. The lowest BCUT2D eigenvalue weighted by atomic mass is 10.1. The molecule has 0 spiro atoms. The van der Waals surface area contributed by atoms with Crippen molar-refractivity contribution in [1.29, 1.82) is 0 Å². The van der Waals surface area contributed by atoms with Crippen LogP contribution in [0.5, 0.6) is 5.75 Å². The van der Waals surface area contributed by atoms with E-state index in [4.69, 9.17) is 14.6 Å². The van der Waals surface area contributed by atoms with Crippen LogP contribution in [0.1, 0.15) is 31.2 Å². The molecule has 0 aliphatic carbocycles. The quantitative estimate of drug-likeness (QED) is 0.700. The molecule has 0 bridgehead atoms. The van der Waals surface area contributed by atoms with Gasteiger partial charge in [-0.3, -0.25) is 4.79 Å². The van der Waals surface area contributed by atoms with Gasteiger partial charge in [-0.15, -0.1) is 0 Å². The number of amides is 1. The summed E-state index contributed by atoms with van der Waals surface area (Å²) in [5.41, 5.74) is 1.19. The van der Waals surface area contributed by atoms with E-state index in [1.54, 1.807) is 7.11 Å². The molecule has 1 atom stereocenters. The standard InChI is InChI=1S/C18H25NO5/c1-23-13-10-14-6-8-15(9-7-14)24-12-3-5-17(20)19-11-2-4-16(19)18(21)22/h6-9,16H,2-5,10-13H2,1H3,(H,21,22)/t16-/m0/s1. The number of carbonyl (C=O) groups excluding carboxylic acids is 1. The van der Waals surface area contributed by atoms with Crippen LogP contribution in [0.2, 0.25) is 0 Å². The molecule has 1 aliphatic rings. The van der Waals surface area contributed by atoms with E-state index in [-0.39, 0.29) is 5.91 Å². The van der Waals surface area contributed by atoms with E-state index in [9.17, 15) is 9.59 Å². The summed E-state index contributed by atoms with van der Waals surface area (Å²) in [5.74, 6) is -0.239. The van der Waals surface area contributed by atoms with E-state index in [1.807, 2.05) is 24.3 Å². The molecule has 1 aromatic carbocycles. The van der Waals surface area contributed by atoms with E-state index >= 15 is 0 Å². The van der Waals surface area contributed by atoms with Crippen molar-refractivity contribution >= 4 is 11.9 Å². The molecule has 1 fully saturated rings. The van der Waals surface area contributed by atoms with Gasteiger partial charge in [0.15, 0.2) is 0 Å². The SMILES string of the molecule is COCCc1ccc(OCCCC(=O)N2CCC[C@H]2C(=O)O)cc1. The van der Waals surface area contributed by atoms with Crippen LogP contribution < -0.4 is 4.74 Å². The summed E-state index contributed by atoms with van der Waals surface area (Å²) < 4.78 is 10.7. The molecule has 24 heavy (non-hydrogen) atoms. The average molecular weight is 335 g/mol. The van der Waals surface area contributed by atoms with Gasteiger partial charge in [-0.25, -0.2) is 4.79 Å². The summed E-state index contributed by atoms with van der Waals surface area (Å²) in [4.78, 5) is 24.7. The first kappa shape index (κ1) is 18.3. The smallest absolute Gasteiger partial charge is 0.326 e. The van der Waals surface area contributed by atoms with Crippen LogP contribution in [0, 0.1) is 0 Å². The van der Waals surface area contributed by atoms with E-state index in [2.05, 4.69) is 0 Å². The summed E-state index contributed by atoms with van der Waals surface area (Å²) in [7, 11) is 1.68. The summed E-state index contributed by atoms with van der Waals surface area (Å²) in [5, 5.41) is 9.10. The summed E-state index contributed by atoms with van der Waals surface area (Å²) in [6.07, 6.45) is 3.07. The van der Waals surface area contributed by atoms with Crippen LogP contribution in [0.25, 0.3) is 0 Å². The first-order valence-corrected chi connectivity index (χ1v) is 8.35. The van der Waals surface area contributed by atoms with E-state index in [0.717, 1.165) is 18.6 Å². The Hall–Kier alpha value is -2.08. The van der Waals surface area contributed by atoms with Crippen LogP contribution in [-0.4, -0.2) is 54.8 Å². The van der Waals surface area contributed by atoms with Gasteiger partial charge in [0.05, 0.1) is 13.2 Å². The number of methoxy groups -OCH3 is 1. The van der Waals surface area contributed by atoms with Gasteiger partial charge in [0.25, 0.3) is 0 Å². The average Bonchev–Trinajstić information content (AvgIpc) is 3.08. The zero-order chi connectivity index (χ0) is 17.4. The normalized spacial score (nSPS) is 17.0. The van der Waals surface area contributed by atoms with Crippen molar-refractivity contribution in [2.75, 3.05) is 26.9 Å². The first-order valence-electron chi connectivity index (χ1n) is 8.35. The molecule has 1 amide bonds. The van der Waals surface area contributed by atoms with Gasteiger partial charge in [0, 0.05) is 20.1 Å². The van der Waals surface area contributed by atoms with Gasteiger partial charge in [0.1, 0.15) is 11.8 Å². The molecule has 0 radical (unpaired) electrons. The van der Waals surface area contributed by atoms with Gasteiger partial charge in [0.2, 0.25) is 5.91 Å². The van der Waals surface area contributed by atoms with Gasteiger partial charge >= 0.3 is 5.97 Å². The van der Waals surface area contributed by atoms with Crippen molar-refractivity contribution in [3.63, 3.8) is 0 Å².